The first-order valence-electron chi connectivity index (χ1n) is 18.7. The zero-order valence-corrected chi connectivity index (χ0v) is 34.0. The van der Waals surface area contributed by atoms with Crippen molar-refractivity contribution in [2.24, 2.45) is 0 Å². The van der Waals surface area contributed by atoms with Crippen LogP contribution < -0.4 is 5.32 Å². The third kappa shape index (κ3) is 10.5. The average molecular weight is 768 g/mol. The highest BCUT2D eigenvalue weighted by Crippen LogP contribution is 2.31. The van der Waals surface area contributed by atoms with E-state index in [4.69, 9.17) is 14.2 Å². The molecule has 1 N–H and O–H groups in total. The van der Waals surface area contributed by atoms with Crippen molar-refractivity contribution in [3.63, 3.8) is 0 Å². The molecule has 1 fully saturated rings. The first kappa shape index (κ1) is 39.5. The molecular weight excluding hydrogens is 715 g/mol. The van der Waals surface area contributed by atoms with E-state index in [2.05, 4.69) is 35.0 Å². The maximum atomic E-state index is 14.0. The standard InChI is InChI=1S/C41H53N7O6Si/c1-41(2,3)54-40(51)48-35-14-13-31(39(50)46-17-15-44(4)16-18-46)21-32(35)22-36(48)37-23-33(26-45(29-53-37)28-52-19-20-55(5,6)7)38(49)43-34-24-42-47(27-34)25-30-11-9-8-10-12-30/h8-14,21-24,26-27H,15-20,25,28-29H2,1-7H3,(H,43,49). The molecule has 2 amide bonds. The van der Waals surface area contributed by atoms with E-state index in [-0.39, 0.29) is 30.7 Å². The molecule has 0 bridgehead atoms. The molecular formula is C41H53N7O6Si. The van der Waals surface area contributed by atoms with Gasteiger partial charge in [0.05, 0.1) is 35.2 Å². The van der Waals surface area contributed by atoms with Crippen molar-refractivity contribution >= 4 is 48.3 Å². The molecule has 6 rings (SSSR count). The number of aromatic nitrogens is 3. The first-order valence-corrected chi connectivity index (χ1v) is 22.5. The smallest absolute Gasteiger partial charge is 0.419 e. The van der Waals surface area contributed by atoms with Crippen LogP contribution in [0, 0.1) is 0 Å². The van der Waals surface area contributed by atoms with Gasteiger partial charge in [-0.2, -0.15) is 5.10 Å². The number of carbonyl (C=O) groups excluding carboxylic acids is 3. The second-order valence-corrected chi connectivity index (χ2v) is 22.0. The monoisotopic (exact) mass is 767 g/mol. The number of likely N-dealkylation sites (N-methyl/N-ethyl adjacent to an activating group) is 1. The predicted molar refractivity (Wildman–Crippen MR) is 216 cm³/mol. The van der Waals surface area contributed by atoms with Crippen LogP contribution in [0.15, 0.2) is 84.8 Å². The summed E-state index contributed by atoms with van der Waals surface area (Å²) in [6, 6.07) is 18.0. The largest absolute Gasteiger partial charge is 0.471 e. The van der Waals surface area contributed by atoms with E-state index in [9.17, 15) is 14.4 Å². The van der Waals surface area contributed by atoms with Crippen LogP contribution in [0.25, 0.3) is 16.7 Å². The van der Waals surface area contributed by atoms with Gasteiger partial charge in [-0.3, -0.25) is 14.3 Å². The van der Waals surface area contributed by atoms with E-state index >= 15 is 0 Å². The van der Waals surface area contributed by atoms with Crippen LogP contribution in [0.1, 0.15) is 42.4 Å². The second-order valence-electron chi connectivity index (χ2n) is 16.4. The highest BCUT2D eigenvalue weighted by Gasteiger charge is 2.28. The molecule has 0 spiro atoms. The van der Waals surface area contributed by atoms with Crippen molar-refractivity contribution in [2.45, 2.75) is 58.6 Å². The number of ether oxygens (including phenoxy) is 3. The zero-order valence-electron chi connectivity index (χ0n) is 33.0. The molecule has 1 saturated heterocycles. The zero-order chi connectivity index (χ0) is 39.3. The van der Waals surface area contributed by atoms with Gasteiger partial charge in [-0.15, -0.1) is 0 Å². The Labute approximate surface area is 324 Å². The summed E-state index contributed by atoms with van der Waals surface area (Å²) in [5, 5.41) is 8.08. The lowest BCUT2D eigenvalue weighted by atomic mass is 10.1. The summed E-state index contributed by atoms with van der Waals surface area (Å²) in [6.07, 6.45) is 6.10. The summed E-state index contributed by atoms with van der Waals surface area (Å²) >= 11 is 0. The molecule has 4 heterocycles. The van der Waals surface area contributed by atoms with Gasteiger partial charge in [0.15, 0.2) is 6.73 Å². The molecule has 2 aromatic heterocycles. The molecule has 0 radical (unpaired) electrons. The molecule has 2 aliphatic heterocycles. The van der Waals surface area contributed by atoms with Crippen molar-refractivity contribution in [3.05, 3.63) is 102 Å². The predicted octanol–water partition coefficient (Wildman–Crippen LogP) is 6.52. The molecule has 2 aromatic carbocycles. The number of piperazine rings is 1. The Kier molecular flexibility index (Phi) is 12.0. The fourth-order valence-corrected chi connectivity index (χ4v) is 6.98. The van der Waals surface area contributed by atoms with Crippen molar-refractivity contribution in [1.29, 1.82) is 0 Å². The van der Waals surface area contributed by atoms with Gasteiger partial charge in [0.25, 0.3) is 11.8 Å². The van der Waals surface area contributed by atoms with Crippen LogP contribution >= 0.6 is 0 Å². The van der Waals surface area contributed by atoms with Crippen LogP contribution in [0.4, 0.5) is 10.5 Å². The van der Waals surface area contributed by atoms with Gasteiger partial charge >= 0.3 is 6.09 Å². The lowest BCUT2D eigenvalue weighted by Gasteiger charge is -2.32. The summed E-state index contributed by atoms with van der Waals surface area (Å²) in [6.45, 7) is 16.6. The Balaban J connectivity index is 1.33. The number of nitrogens with zero attached hydrogens (tertiary/aromatic N) is 6. The minimum Gasteiger partial charge on any atom is -0.471 e. The Morgan fingerprint density at radius 3 is 2.44 bits per heavy atom. The maximum absolute atomic E-state index is 14.0. The van der Waals surface area contributed by atoms with E-state index < -0.39 is 25.7 Å². The number of benzene rings is 2. The molecule has 0 aliphatic carbocycles. The van der Waals surface area contributed by atoms with Crippen LogP contribution in [-0.4, -0.2) is 114 Å². The highest BCUT2D eigenvalue weighted by molar-refractivity contribution is 6.76. The van der Waals surface area contributed by atoms with Crippen LogP contribution in [-0.2, 0) is 25.5 Å². The number of rotatable bonds is 11. The molecule has 0 saturated carbocycles. The summed E-state index contributed by atoms with van der Waals surface area (Å²) in [7, 11) is 0.720. The quantitative estimate of drug-likeness (QED) is 0.134. The normalized spacial score (nSPS) is 15.6. The number of carbonyl (C=O) groups is 3. The van der Waals surface area contributed by atoms with E-state index in [0.29, 0.717) is 54.1 Å². The average Bonchev–Trinajstić information content (AvgIpc) is 3.66. The number of nitrogens with one attached hydrogen (secondary N) is 1. The minimum absolute atomic E-state index is 0.0492. The van der Waals surface area contributed by atoms with Gasteiger partial charge in [0, 0.05) is 64.2 Å². The van der Waals surface area contributed by atoms with Crippen molar-refractivity contribution < 1.29 is 28.6 Å². The first-order chi connectivity index (χ1) is 26.1. The van der Waals surface area contributed by atoms with Gasteiger partial charge in [0.2, 0.25) is 0 Å². The van der Waals surface area contributed by atoms with Gasteiger partial charge < -0.3 is 34.2 Å². The minimum atomic E-state index is -1.33. The fourth-order valence-electron chi connectivity index (χ4n) is 6.23. The molecule has 4 aromatic rings. The second kappa shape index (κ2) is 16.7. The van der Waals surface area contributed by atoms with Crippen LogP contribution in [0.5, 0.6) is 0 Å². The third-order valence-corrected chi connectivity index (χ3v) is 11.0. The molecule has 2 aliphatic rings. The van der Waals surface area contributed by atoms with Crippen LogP contribution in [0.2, 0.25) is 25.7 Å². The number of anilines is 1. The maximum Gasteiger partial charge on any atom is 0.419 e. The Morgan fingerprint density at radius 2 is 1.73 bits per heavy atom. The van der Waals surface area contributed by atoms with Gasteiger partial charge in [-0.25, -0.2) is 9.36 Å². The lowest BCUT2D eigenvalue weighted by Crippen LogP contribution is -2.47. The van der Waals surface area contributed by atoms with Crippen molar-refractivity contribution in [1.82, 2.24) is 29.0 Å². The van der Waals surface area contributed by atoms with E-state index in [1.165, 1.54) is 4.57 Å². The van der Waals surface area contributed by atoms with Crippen molar-refractivity contribution in [3.8, 4) is 0 Å². The summed E-state index contributed by atoms with van der Waals surface area (Å²) in [5.74, 6) is -0.181. The molecule has 292 valence electrons. The van der Waals surface area contributed by atoms with Crippen LogP contribution in [0.3, 0.4) is 0 Å². The van der Waals surface area contributed by atoms with E-state index in [1.54, 1.807) is 79.3 Å². The van der Waals surface area contributed by atoms with Gasteiger partial charge in [0.1, 0.15) is 18.1 Å². The Bertz CT molecular complexity index is 2070. The number of hydrogen-bond acceptors (Lipinski definition) is 9. The highest BCUT2D eigenvalue weighted by atomic mass is 28.3. The molecule has 0 atom stereocenters. The fraction of sp³-hybridized carbons (Fsp3) is 0.415. The number of hydrogen-bond donors (Lipinski definition) is 1. The Hall–Kier alpha value is -5.18. The summed E-state index contributed by atoms with van der Waals surface area (Å²) in [5.41, 5.74) is 2.55. The summed E-state index contributed by atoms with van der Waals surface area (Å²) < 4.78 is 21.5. The Morgan fingerprint density at radius 1 is 0.982 bits per heavy atom. The van der Waals surface area contributed by atoms with Crippen molar-refractivity contribution in [2.75, 3.05) is 58.6 Å². The third-order valence-electron chi connectivity index (χ3n) is 9.26. The molecule has 0 unspecified atom stereocenters. The number of amides is 2. The number of fused-ring (bicyclic) bond motifs is 1. The van der Waals surface area contributed by atoms with Gasteiger partial charge in [-0.1, -0.05) is 50.0 Å². The molecule has 14 heteroatoms. The lowest BCUT2D eigenvalue weighted by molar-refractivity contribution is -0.112. The molecule has 13 nitrogen and oxygen atoms in total. The SMILES string of the molecule is CN1CCN(C(=O)c2ccc3c(c2)cc(C2=CC(C(=O)Nc4cnn(Cc5ccccc5)c4)=CN(COCC[Si](C)(C)C)CO2)n3C(=O)OC(C)(C)C)CC1. The van der Waals surface area contributed by atoms with E-state index in [0.717, 1.165) is 24.7 Å². The topological polar surface area (TPSA) is 123 Å². The molecule has 55 heavy (non-hydrogen) atoms. The summed E-state index contributed by atoms with van der Waals surface area (Å²) in [4.78, 5) is 47.4. The van der Waals surface area contributed by atoms with E-state index in [1.807, 2.05) is 42.3 Å². The van der Waals surface area contributed by atoms with Gasteiger partial charge in [-0.05, 0) is 69.8 Å².